The van der Waals surface area contributed by atoms with Gasteiger partial charge < -0.3 is 29.5 Å². The number of halogens is 3. The summed E-state index contributed by atoms with van der Waals surface area (Å²) in [6.45, 7) is 8.96. The summed E-state index contributed by atoms with van der Waals surface area (Å²) < 4.78 is 53.9. The number of hydrogen-bond acceptors (Lipinski definition) is 8. The number of carbonyl (C=O) groups is 2. The Morgan fingerprint density at radius 1 is 1.17 bits per heavy atom. The van der Waals surface area contributed by atoms with E-state index in [4.69, 9.17) is 9.47 Å². The van der Waals surface area contributed by atoms with E-state index in [1.807, 2.05) is 20.8 Å². The Morgan fingerprint density at radius 3 is 2.36 bits per heavy atom. The molecule has 2 N–H and O–H groups in total. The summed E-state index contributed by atoms with van der Waals surface area (Å²) in [6, 6.07) is 4.34. The maximum Gasteiger partial charge on any atom is 0.573 e. The summed E-state index contributed by atoms with van der Waals surface area (Å²) >= 11 is 0. The van der Waals surface area contributed by atoms with E-state index >= 15 is 0 Å². The molecule has 1 amide bonds. The van der Waals surface area contributed by atoms with Gasteiger partial charge in [-0.05, 0) is 43.5 Å². The third kappa shape index (κ3) is 7.36. The zero-order chi connectivity index (χ0) is 31.6. The van der Waals surface area contributed by atoms with Crippen molar-refractivity contribution in [1.29, 1.82) is 0 Å². The van der Waals surface area contributed by atoms with Gasteiger partial charge in [0.15, 0.2) is 0 Å². The highest BCUT2D eigenvalue weighted by molar-refractivity contribution is 5.82. The highest BCUT2D eigenvalue weighted by Gasteiger charge is 2.59. The van der Waals surface area contributed by atoms with E-state index in [1.165, 1.54) is 24.1 Å². The van der Waals surface area contributed by atoms with Crippen LogP contribution in [0.25, 0.3) is 0 Å². The Labute approximate surface area is 243 Å². The third-order valence-corrected chi connectivity index (χ3v) is 7.04. The van der Waals surface area contributed by atoms with Crippen LogP contribution in [0.15, 0.2) is 36.5 Å². The zero-order valence-corrected chi connectivity index (χ0v) is 25.0. The van der Waals surface area contributed by atoms with E-state index in [1.54, 1.807) is 51.2 Å². The van der Waals surface area contributed by atoms with Crippen molar-refractivity contribution in [2.24, 2.45) is 11.3 Å². The lowest BCUT2D eigenvalue weighted by Crippen LogP contribution is -2.48. The van der Waals surface area contributed by atoms with Gasteiger partial charge in [0.1, 0.15) is 23.4 Å². The maximum absolute atomic E-state index is 13.6. The molecule has 42 heavy (non-hydrogen) atoms. The van der Waals surface area contributed by atoms with E-state index in [-0.39, 0.29) is 6.54 Å². The average molecular weight is 597 g/mol. The number of ether oxygens (including phenoxy) is 3. The van der Waals surface area contributed by atoms with Crippen LogP contribution in [-0.2, 0) is 16.1 Å². The summed E-state index contributed by atoms with van der Waals surface area (Å²) in [6.07, 6.45) is -4.61. The van der Waals surface area contributed by atoms with Crippen LogP contribution in [0.3, 0.4) is 0 Å². The van der Waals surface area contributed by atoms with Crippen LogP contribution in [-0.4, -0.2) is 72.8 Å². The first-order valence-corrected chi connectivity index (χ1v) is 13.5. The van der Waals surface area contributed by atoms with E-state index in [2.05, 4.69) is 15.0 Å². The number of anilines is 1. The number of carboxylic acid groups (broad SMARTS) is 1. The summed E-state index contributed by atoms with van der Waals surface area (Å²) in [5, 5.41) is 13.9. The molecular weight excluding hydrogens is 557 g/mol. The van der Waals surface area contributed by atoms with E-state index < -0.39 is 59.7 Å². The van der Waals surface area contributed by atoms with E-state index in [9.17, 15) is 27.9 Å². The highest BCUT2D eigenvalue weighted by Crippen LogP contribution is 2.50. The molecule has 0 aliphatic carbocycles. The number of benzene rings is 1. The molecule has 0 radical (unpaired) electrons. The Hall–Kier alpha value is -3.74. The molecule has 2 aromatic rings. The minimum Gasteiger partial charge on any atom is -0.496 e. The molecule has 0 bridgehead atoms. The maximum atomic E-state index is 13.6. The molecule has 2 heterocycles. The number of hydrogen-bond donors (Lipinski definition) is 2. The van der Waals surface area contributed by atoms with Gasteiger partial charge in [-0.15, -0.1) is 13.2 Å². The second kappa shape index (κ2) is 12.6. The lowest BCUT2D eigenvalue weighted by atomic mass is 9.72. The number of pyridine rings is 1. The molecule has 0 unspecified atom stereocenters. The lowest BCUT2D eigenvalue weighted by Gasteiger charge is -2.35. The van der Waals surface area contributed by atoms with Gasteiger partial charge in [-0.2, -0.15) is 0 Å². The standard InChI is InChI=1S/C29H39F3N4O6/c1-16(2)41-27(39)36-23(19-10-9-13-33-25(19)35(6)7)22(21(28(3,4)5)24(36)26(37)38)34-15-17-14-18(42-29(30,31)32)11-12-20(17)40-8/h9-14,16,21-24,34H,15H2,1-8H3,(H,37,38)/t21-,22-,23-,24-/m0/s1. The molecule has 13 heteroatoms. The molecule has 1 aliphatic rings. The second-order valence-corrected chi connectivity index (χ2v) is 11.7. The average Bonchev–Trinajstić information content (AvgIpc) is 3.22. The predicted molar refractivity (Wildman–Crippen MR) is 149 cm³/mol. The first-order chi connectivity index (χ1) is 19.5. The summed E-state index contributed by atoms with van der Waals surface area (Å²) in [4.78, 5) is 34.1. The molecular formula is C29H39F3N4O6. The number of aromatic nitrogens is 1. The number of alkyl halides is 3. The Morgan fingerprint density at radius 2 is 1.83 bits per heavy atom. The van der Waals surface area contributed by atoms with Crippen LogP contribution in [0.5, 0.6) is 11.5 Å². The number of carbonyl (C=O) groups excluding carboxylic acids is 1. The number of rotatable bonds is 9. The molecule has 3 rings (SSSR count). The smallest absolute Gasteiger partial charge is 0.496 e. The fourth-order valence-electron chi connectivity index (χ4n) is 5.60. The van der Waals surface area contributed by atoms with Gasteiger partial charge in [0, 0.05) is 49.9 Å². The largest absolute Gasteiger partial charge is 0.573 e. The molecule has 1 aromatic carbocycles. The number of carboxylic acids is 1. The van der Waals surface area contributed by atoms with Crippen LogP contribution in [0.2, 0.25) is 0 Å². The zero-order valence-electron chi connectivity index (χ0n) is 25.0. The lowest BCUT2D eigenvalue weighted by molar-refractivity contribution is -0.274. The molecule has 0 spiro atoms. The number of amides is 1. The number of methoxy groups -OCH3 is 1. The number of likely N-dealkylation sites (tertiary alicyclic amines) is 1. The first-order valence-electron chi connectivity index (χ1n) is 13.5. The van der Waals surface area contributed by atoms with Crippen LogP contribution in [0, 0.1) is 11.3 Å². The number of nitrogens with one attached hydrogen (secondary N) is 1. The van der Waals surface area contributed by atoms with Crippen molar-refractivity contribution < 1.29 is 42.1 Å². The van der Waals surface area contributed by atoms with Crippen molar-refractivity contribution in [3.05, 3.63) is 47.7 Å². The Kier molecular flexibility index (Phi) is 9.86. The molecule has 1 saturated heterocycles. The SMILES string of the molecule is COc1ccc(OC(F)(F)F)cc1CN[C@H]1[C@H](C(C)(C)C)[C@@H](C(=O)O)N(C(=O)OC(C)C)[C@H]1c1cccnc1N(C)C. The van der Waals surface area contributed by atoms with E-state index in [0.29, 0.717) is 22.7 Å². The van der Waals surface area contributed by atoms with E-state index in [0.717, 1.165) is 6.07 Å². The normalized spacial score (nSPS) is 20.9. The fourth-order valence-corrected chi connectivity index (χ4v) is 5.60. The Balaban J connectivity index is 2.20. The summed E-state index contributed by atoms with van der Waals surface area (Å²) in [5.74, 6) is -1.48. The van der Waals surface area contributed by atoms with Gasteiger partial charge in [-0.25, -0.2) is 14.6 Å². The summed E-state index contributed by atoms with van der Waals surface area (Å²) in [5.41, 5.74) is 0.275. The van der Waals surface area contributed by atoms with Crippen molar-refractivity contribution >= 4 is 17.9 Å². The number of aliphatic carboxylic acids is 1. The van der Waals surface area contributed by atoms with Crippen LogP contribution in [0.4, 0.5) is 23.8 Å². The van der Waals surface area contributed by atoms with Crippen molar-refractivity contribution in [3.63, 3.8) is 0 Å². The second-order valence-electron chi connectivity index (χ2n) is 11.7. The van der Waals surface area contributed by atoms with Gasteiger partial charge in [-0.1, -0.05) is 26.8 Å². The molecule has 1 fully saturated rings. The van der Waals surface area contributed by atoms with Crippen molar-refractivity contribution in [1.82, 2.24) is 15.2 Å². The minimum atomic E-state index is -4.89. The predicted octanol–water partition coefficient (Wildman–Crippen LogP) is 5.23. The fraction of sp³-hybridized carbons (Fsp3) is 0.552. The van der Waals surface area contributed by atoms with Gasteiger partial charge in [0.2, 0.25) is 0 Å². The highest BCUT2D eigenvalue weighted by atomic mass is 19.4. The molecule has 10 nitrogen and oxygen atoms in total. The van der Waals surface area contributed by atoms with Gasteiger partial charge >= 0.3 is 18.4 Å². The molecule has 232 valence electrons. The molecule has 0 saturated carbocycles. The minimum absolute atomic E-state index is 0.0249. The summed E-state index contributed by atoms with van der Waals surface area (Å²) in [7, 11) is 4.96. The van der Waals surface area contributed by atoms with Crippen molar-refractivity contribution in [3.8, 4) is 11.5 Å². The molecule has 1 aliphatic heterocycles. The number of nitrogens with zero attached hydrogens (tertiary/aromatic N) is 3. The van der Waals surface area contributed by atoms with Crippen LogP contribution < -0.4 is 19.7 Å². The monoisotopic (exact) mass is 596 g/mol. The van der Waals surface area contributed by atoms with Gasteiger partial charge in [-0.3, -0.25) is 4.90 Å². The van der Waals surface area contributed by atoms with Crippen molar-refractivity contribution in [2.75, 3.05) is 26.1 Å². The quantitative estimate of drug-likeness (QED) is 0.402. The van der Waals surface area contributed by atoms with Crippen LogP contribution >= 0.6 is 0 Å². The third-order valence-electron chi connectivity index (χ3n) is 7.04. The van der Waals surface area contributed by atoms with Gasteiger partial charge in [0.25, 0.3) is 0 Å². The van der Waals surface area contributed by atoms with Crippen LogP contribution in [0.1, 0.15) is 51.8 Å². The molecule has 4 atom stereocenters. The Bertz CT molecular complexity index is 1260. The van der Waals surface area contributed by atoms with Crippen molar-refractivity contribution in [2.45, 2.75) is 71.8 Å². The topological polar surface area (TPSA) is 113 Å². The molecule has 1 aromatic heterocycles. The first kappa shape index (κ1) is 32.8. The van der Waals surface area contributed by atoms with Gasteiger partial charge in [0.05, 0.1) is 19.3 Å².